The predicted octanol–water partition coefficient (Wildman–Crippen LogP) is 7.71. The Balaban J connectivity index is 1.85. The highest BCUT2D eigenvalue weighted by Gasteiger charge is 2.36. The highest BCUT2D eigenvalue weighted by atomic mass is 35.5. The Morgan fingerprint density at radius 1 is 0.826 bits per heavy atom. The zero-order valence-corrected chi connectivity index (χ0v) is 29.1. The van der Waals surface area contributed by atoms with E-state index in [1.807, 2.05) is 51.1 Å². The van der Waals surface area contributed by atoms with Crippen molar-refractivity contribution < 1.29 is 18.0 Å². The van der Waals surface area contributed by atoms with Gasteiger partial charge in [0, 0.05) is 33.6 Å². The van der Waals surface area contributed by atoms with E-state index in [1.54, 1.807) is 55.5 Å². The zero-order valence-electron chi connectivity index (χ0n) is 26.0. The highest BCUT2D eigenvalue weighted by molar-refractivity contribution is 7.92. The molecule has 46 heavy (non-hydrogen) atoms. The average molecular weight is 701 g/mol. The summed E-state index contributed by atoms with van der Waals surface area (Å²) in [5, 5.41) is 4.06. The first-order valence-corrected chi connectivity index (χ1v) is 17.2. The summed E-state index contributed by atoms with van der Waals surface area (Å²) in [4.78, 5) is 29.9. The SMILES string of the molecule is Cc1ccc(N(CC(=O)N(Cc2ccc(Cl)cc2Cl)[C@H](Cc2ccccc2)C(=O)NC(C)(C)C)S(=O)(=O)c2ccccc2)cc1Cl. The van der Waals surface area contributed by atoms with Crippen molar-refractivity contribution in [1.82, 2.24) is 10.2 Å². The molecule has 0 aliphatic rings. The van der Waals surface area contributed by atoms with E-state index in [4.69, 9.17) is 34.8 Å². The van der Waals surface area contributed by atoms with Crippen LogP contribution in [0.15, 0.2) is 102 Å². The molecule has 4 aromatic carbocycles. The number of halogens is 3. The fourth-order valence-electron chi connectivity index (χ4n) is 4.83. The molecular formula is C35H36Cl3N3O4S. The molecule has 0 spiro atoms. The van der Waals surface area contributed by atoms with Crippen molar-refractivity contribution in [2.75, 3.05) is 10.8 Å². The Labute approximate surface area is 286 Å². The summed E-state index contributed by atoms with van der Waals surface area (Å²) in [6, 6.07) is 25.8. The molecule has 7 nitrogen and oxygen atoms in total. The lowest BCUT2D eigenvalue weighted by molar-refractivity contribution is -0.140. The van der Waals surface area contributed by atoms with Crippen LogP contribution in [0.1, 0.15) is 37.5 Å². The molecule has 0 radical (unpaired) electrons. The molecule has 0 saturated carbocycles. The third-order valence-electron chi connectivity index (χ3n) is 7.18. The molecule has 0 saturated heterocycles. The van der Waals surface area contributed by atoms with Crippen LogP contribution < -0.4 is 9.62 Å². The van der Waals surface area contributed by atoms with Crippen molar-refractivity contribution in [3.63, 3.8) is 0 Å². The molecule has 2 amide bonds. The van der Waals surface area contributed by atoms with E-state index in [0.717, 1.165) is 15.4 Å². The van der Waals surface area contributed by atoms with Crippen LogP contribution in [-0.4, -0.2) is 43.3 Å². The Bertz CT molecular complexity index is 1800. The summed E-state index contributed by atoms with van der Waals surface area (Å²) in [7, 11) is -4.25. The van der Waals surface area contributed by atoms with Crippen LogP contribution >= 0.6 is 34.8 Å². The van der Waals surface area contributed by atoms with Gasteiger partial charge >= 0.3 is 0 Å². The molecular weight excluding hydrogens is 665 g/mol. The van der Waals surface area contributed by atoms with Gasteiger partial charge in [-0.3, -0.25) is 13.9 Å². The van der Waals surface area contributed by atoms with Crippen LogP contribution in [0.5, 0.6) is 0 Å². The van der Waals surface area contributed by atoms with E-state index in [-0.39, 0.29) is 23.5 Å². The fourth-order valence-corrected chi connectivity index (χ4v) is 6.90. The Kier molecular flexibility index (Phi) is 11.4. The third kappa shape index (κ3) is 9.04. The maximum absolute atomic E-state index is 14.6. The van der Waals surface area contributed by atoms with E-state index in [9.17, 15) is 18.0 Å². The fraction of sp³-hybridized carbons (Fsp3) is 0.257. The van der Waals surface area contributed by atoms with Crippen LogP contribution in [0.3, 0.4) is 0 Å². The van der Waals surface area contributed by atoms with Gasteiger partial charge in [-0.2, -0.15) is 0 Å². The molecule has 1 atom stereocenters. The van der Waals surface area contributed by atoms with Gasteiger partial charge in [-0.05, 0) is 80.8 Å². The molecule has 0 fully saturated rings. The van der Waals surface area contributed by atoms with E-state index in [2.05, 4.69) is 5.32 Å². The molecule has 4 rings (SSSR count). The van der Waals surface area contributed by atoms with Gasteiger partial charge in [0.25, 0.3) is 10.0 Å². The monoisotopic (exact) mass is 699 g/mol. The van der Waals surface area contributed by atoms with Crippen LogP contribution in [0.4, 0.5) is 5.69 Å². The maximum Gasteiger partial charge on any atom is 0.264 e. The molecule has 242 valence electrons. The van der Waals surface area contributed by atoms with Crippen LogP contribution in [0, 0.1) is 6.92 Å². The molecule has 0 aliphatic heterocycles. The van der Waals surface area contributed by atoms with Gasteiger partial charge in [0.05, 0.1) is 10.6 Å². The van der Waals surface area contributed by atoms with E-state index in [0.29, 0.717) is 20.6 Å². The summed E-state index contributed by atoms with van der Waals surface area (Å²) in [6.45, 7) is 6.65. The normalized spacial score (nSPS) is 12.3. The average Bonchev–Trinajstić information content (AvgIpc) is 3.00. The molecule has 0 bridgehead atoms. The molecule has 0 aliphatic carbocycles. The van der Waals surface area contributed by atoms with Gasteiger partial charge in [0.15, 0.2) is 0 Å². The molecule has 0 unspecified atom stereocenters. The Morgan fingerprint density at radius 2 is 1.46 bits per heavy atom. The topological polar surface area (TPSA) is 86.8 Å². The lowest BCUT2D eigenvalue weighted by Crippen LogP contribution is -2.56. The number of aryl methyl sites for hydroxylation is 1. The van der Waals surface area contributed by atoms with E-state index >= 15 is 0 Å². The highest BCUT2D eigenvalue weighted by Crippen LogP contribution is 2.30. The second-order valence-corrected chi connectivity index (χ2v) is 15.1. The van der Waals surface area contributed by atoms with Gasteiger partial charge in [0.2, 0.25) is 11.8 Å². The quantitative estimate of drug-likeness (QED) is 0.174. The standard InChI is InChI=1S/C35H36Cl3N3O4S/c1-24-15-18-28(21-30(24)37)41(46(44,45)29-13-9-6-10-14-29)23-33(42)40(22-26-16-17-27(36)20-31(26)38)32(34(43)39-35(2,3)4)19-25-11-7-5-8-12-25/h5-18,20-21,32H,19,22-23H2,1-4H3,(H,39,43)/t32-/m1/s1. The van der Waals surface area contributed by atoms with Crippen molar-refractivity contribution in [3.05, 3.63) is 129 Å². The number of sulfonamides is 1. The second-order valence-electron chi connectivity index (χ2n) is 12.0. The Morgan fingerprint density at radius 3 is 2.04 bits per heavy atom. The second kappa shape index (κ2) is 14.9. The summed E-state index contributed by atoms with van der Waals surface area (Å²) in [6.07, 6.45) is 0.168. The molecule has 11 heteroatoms. The number of carbonyl (C=O) groups excluding carboxylic acids is 2. The number of nitrogens with one attached hydrogen (secondary N) is 1. The number of anilines is 1. The van der Waals surface area contributed by atoms with Crippen LogP contribution in [-0.2, 0) is 32.6 Å². The van der Waals surface area contributed by atoms with Gasteiger partial charge in [0.1, 0.15) is 12.6 Å². The van der Waals surface area contributed by atoms with Gasteiger partial charge in [-0.1, -0.05) is 95.5 Å². The van der Waals surface area contributed by atoms with Crippen molar-refractivity contribution in [2.24, 2.45) is 0 Å². The maximum atomic E-state index is 14.6. The van der Waals surface area contributed by atoms with Gasteiger partial charge in [-0.25, -0.2) is 8.42 Å². The number of benzene rings is 4. The first kappa shape index (κ1) is 35.3. The number of rotatable bonds is 11. The lowest BCUT2D eigenvalue weighted by atomic mass is 10.0. The van der Waals surface area contributed by atoms with Gasteiger partial charge in [-0.15, -0.1) is 0 Å². The molecule has 4 aromatic rings. The largest absolute Gasteiger partial charge is 0.350 e. The van der Waals surface area contributed by atoms with Crippen molar-refractivity contribution in [3.8, 4) is 0 Å². The minimum absolute atomic E-state index is 0.00176. The minimum atomic E-state index is -4.25. The molecule has 0 aromatic heterocycles. The van der Waals surface area contributed by atoms with Crippen LogP contribution in [0.25, 0.3) is 0 Å². The summed E-state index contributed by atoms with van der Waals surface area (Å²) in [5.41, 5.74) is 1.69. The number of hydrogen-bond donors (Lipinski definition) is 1. The summed E-state index contributed by atoms with van der Waals surface area (Å²) in [5.74, 6) is -1.02. The smallest absolute Gasteiger partial charge is 0.264 e. The number of nitrogens with zero attached hydrogens (tertiary/aromatic N) is 2. The molecule has 0 heterocycles. The van der Waals surface area contributed by atoms with E-state index in [1.165, 1.54) is 23.1 Å². The third-order valence-corrected chi connectivity index (χ3v) is 9.96. The lowest BCUT2D eigenvalue weighted by Gasteiger charge is -2.35. The first-order valence-electron chi connectivity index (χ1n) is 14.6. The predicted molar refractivity (Wildman–Crippen MR) is 186 cm³/mol. The molecule has 1 N–H and O–H groups in total. The number of carbonyl (C=O) groups is 2. The summed E-state index contributed by atoms with van der Waals surface area (Å²) < 4.78 is 29.3. The van der Waals surface area contributed by atoms with E-state index < -0.39 is 40.0 Å². The minimum Gasteiger partial charge on any atom is -0.350 e. The van der Waals surface area contributed by atoms with Gasteiger partial charge < -0.3 is 10.2 Å². The zero-order chi connectivity index (χ0) is 33.6. The summed E-state index contributed by atoms with van der Waals surface area (Å²) >= 11 is 19.2. The first-order chi connectivity index (χ1) is 21.7. The van der Waals surface area contributed by atoms with Crippen LogP contribution in [0.2, 0.25) is 15.1 Å². The van der Waals surface area contributed by atoms with Crippen molar-refractivity contribution >= 4 is 62.3 Å². The number of hydrogen-bond acceptors (Lipinski definition) is 4. The van der Waals surface area contributed by atoms with Crippen molar-refractivity contribution in [1.29, 1.82) is 0 Å². The Hall–Kier alpha value is -3.56. The number of amides is 2. The van der Waals surface area contributed by atoms with Crippen molar-refractivity contribution in [2.45, 2.75) is 57.1 Å².